The van der Waals surface area contributed by atoms with Gasteiger partial charge in [-0.15, -0.1) is 0 Å². The molecule has 0 radical (unpaired) electrons. The van der Waals surface area contributed by atoms with E-state index in [1.54, 1.807) is 21.3 Å². The van der Waals surface area contributed by atoms with Crippen LogP contribution in [0, 0.1) is 0 Å². The van der Waals surface area contributed by atoms with Crippen LogP contribution >= 0.6 is 11.6 Å². The molecule has 0 N–H and O–H groups in total. The van der Waals surface area contributed by atoms with E-state index >= 15 is 0 Å². The van der Waals surface area contributed by atoms with E-state index in [9.17, 15) is 0 Å². The van der Waals surface area contributed by atoms with Crippen LogP contribution in [-0.4, -0.2) is 21.3 Å². The van der Waals surface area contributed by atoms with Crippen molar-refractivity contribution < 1.29 is 18.6 Å². The van der Waals surface area contributed by atoms with Crippen molar-refractivity contribution >= 4 is 33.7 Å². The van der Waals surface area contributed by atoms with Crippen LogP contribution in [0.4, 0.5) is 0 Å². The summed E-state index contributed by atoms with van der Waals surface area (Å²) in [5.41, 5.74) is 3.31. The molecule has 4 nitrogen and oxygen atoms in total. The predicted molar refractivity (Wildman–Crippen MR) is 121 cm³/mol. The van der Waals surface area contributed by atoms with Gasteiger partial charge in [-0.25, -0.2) is 0 Å². The number of methoxy groups -OCH3 is 3. The highest BCUT2D eigenvalue weighted by Crippen LogP contribution is 2.45. The molecule has 0 aliphatic heterocycles. The molecule has 4 aromatic rings. The number of ether oxygens (including phenoxy) is 3. The third kappa shape index (κ3) is 3.74. The van der Waals surface area contributed by atoms with Gasteiger partial charge in [0.25, 0.3) is 0 Å². The zero-order valence-corrected chi connectivity index (χ0v) is 17.7. The molecule has 4 rings (SSSR count). The molecule has 0 atom stereocenters. The van der Waals surface area contributed by atoms with Crippen LogP contribution in [0.3, 0.4) is 0 Å². The van der Waals surface area contributed by atoms with Gasteiger partial charge in [0.2, 0.25) is 0 Å². The van der Waals surface area contributed by atoms with E-state index in [4.69, 9.17) is 30.2 Å². The summed E-state index contributed by atoms with van der Waals surface area (Å²) in [5, 5.41) is 1.37. The summed E-state index contributed by atoms with van der Waals surface area (Å²) in [5.74, 6) is 2.68. The number of rotatable bonds is 6. The SMILES string of the molecule is COc1ccc(/C=C(\Cl)c2cc(OC)c3oc(-c4ccccc4)c(OC)c3c2)cc1. The molecule has 0 bridgehead atoms. The molecule has 0 aliphatic rings. The van der Waals surface area contributed by atoms with Crippen LogP contribution in [0.25, 0.3) is 33.4 Å². The normalized spacial score (nSPS) is 11.5. The van der Waals surface area contributed by atoms with Crippen LogP contribution in [0.15, 0.2) is 71.1 Å². The molecule has 0 amide bonds. The van der Waals surface area contributed by atoms with E-state index in [2.05, 4.69) is 0 Å². The highest BCUT2D eigenvalue weighted by molar-refractivity contribution is 6.51. The lowest BCUT2D eigenvalue weighted by Crippen LogP contribution is -1.88. The van der Waals surface area contributed by atoms with Gasteiger partial charge in [-0.2, -0.15) is 0 Å². The average molecular weight is 421 g/mol. The largest absolute Gasteiger partial charge is 0.497 e. The van der Waals surface area contributed by atoms with Crippen molar-refractivity contribution in [2.75, 3.05) is 21.3 Å². The van der Waals surface area contributed by atoms with Crippen molar-refractivity contribution in [2.24, 2.45) is 0 Å². The van der Waals surface area contributed by atoms with Gasteiger partial charge in [-0.3, -0.25) is 0 Å². The van der Waals surface area contributed by atoms with Crippen LogP contribution in [0.2, 0.25) is 0 Å². The minimum Gasteiger partial charge on any atom is -0.497 e. The van der Waals surface area contributed by atoms with Crippen molar-refractivity contribution in [2.45, 2.75) is 0 Å². The second-order valence-electron chi connectivity index (χ2n) is 6.65. The molecule has 0 aliphatic carbocycles. The van der Waals surface area contributed by atoms with Gasteiger partial charge in [0, 0.05) is 10.6 Å². The van der Waals surface area contributed by atoms with Crippen LogP contribution < -0.4 is 14.2 Å². The molecule has 3 aromatic carbocycles. The zero-order chi connectivity index (χ0) is 21.1. The van der Waals surface area contributed by atoms with Crippen LogP contribution in [0.5, 0.6) is 17.2 Å². The van der Waals surface area contributed by atoms with E-state index in [-0.39, 0.29) is 0 Å². The first kappa shape index (κ1) is 19.9. The number of benzene rings is 3. The number of furan rings is 1. The van der Waals surface area contributed by atoms with Gasteiger partial charge >= 0.3 is 0 Å². The molecular formula is C25H21ClO4. The Balaban J connectivity index is 1.84. The first-order valence-electron chi connectivity index (χ1n) is 9.40. The van der Waals surface area contributed by atoms with Crippen molar-refractivity contribution in [1.29, 1.82) is 0 Å². The summed E-state index contributed by atoms with van der Waals surface area (Å²) in [7, 11) is 4.88. The second-order valence-corrected chi connectivity index (χ2v) is 7.06. The first-order valence-corrected chi connectivity index (χ1v) is 9.78. The smallest absolute Gasteiger partial charge is 0.180 e. The lowest BCUT2D eigenvalue weighted by atomic mass is 10.1. The summed E-state index contributed by atoms with van der Waals surface area (Å²) in [6, 6.07) is 21.3. The Bertz CT molecular complexity index is 1190. The molecule has 1 heterocycles. The summed E-state index contributed by atoms with van der Waals surface area (Å²) in [6.07, 6.45) is 1.90. The highest BCUT2D eigenvalue weighted by atomic mass is 35.5. The van der Waals surface area contributed by atoms with E-state index in [0.717, 1.165) is 27.8 Å². The lowest BCUT2D eigenvalue weighted by molar-refractivity contribution is 0.407. The highest BCUT2D eigenvalue weighted by Gasteiger charge is 2.21. The number of hydrogen-bond acceptors (Lipinski definition) is 4. The maximum atomic E-state index is 6.67. The van der Waals surface area contributed by atoms with E-state index < -0.39 is 0 Å². The van der Waals surface area contributed by atoms with Gasteiger partial charge < -0.3 is 18.6 Å². The lowest BCUT2D eigenvalue weighted by Gasteiger charge is -2.06. The number of fused-ring (bicyclic) bond motifs is 1. The first-order chi connectivity index (χ1) is 14.6. The standard InChI is InChI=1S/C25H21ClO4/c1-27-19-11-9-16(10-12-19)13-21(26)18-14-20-24(22(15-18)28-2)30-23(25(20)29-3)17-7-5-4-6-8-17/h4-15H,1-3H3/b21-13-. The summed E-state index contributed by atoms with van der Waals surface area (Å²) < 4.78 is 22.7. The zero-order valence-electron chi connectivity index (χ0n) is 16.9. The Hall–Kier alpha value is -3.37. The van der Waals surface area contributed by atoms with E-state index in [1.807, 2.05) is 72.8 Å². The molecule has 152 valence electrons. The van der Waals surface area contributed by atoms with Crippen molar-refractivity contribution in [3.63, 3.8) is 0 Å². The minimum atomic E-state index is 0.574. The third-order valence-corrected chi connectivity index (χ3v) is 5.18. The fourth-order valence-electron chi connectivity index (χ4n) is 3.35. The Morgan fingerprint density at radius 3 is 2.23 bits per heavy atom. The van der Waals surface area contributed by atoms with Crippen molar-refractivity contribution in [1.82, 2.24) is 0 Å². The van der Waals surface area contributed by atoms with Crippen LogP contribution in [0.1, 0.15) is 11.1 Å². The Morgan fingerprint density at radius 2 is 1.60 bits per heavy atom. The van der Waals surface area contributed by atoms with Gasteiger partial charge in [-0.1, -0.05) is 54.1 Å². The van der Waals surface area contributed by atoms with Crippen molar-refractivity contribution in [3.05, 3.63) is 77.9 Å². The monoisotopic (exact) mass is 420 g/mol. The van der Waals surface area contributed by atoms with Gasteiger partial charge in [-0.05, 0) is 41.5 Å². The Labute approximate surface area is 180 Å². The molecule has 30 heavy (non-hydrogen) atoms. The molecule has 0 saturated carbocycles. The summed E-state index contributed by atoms with van der Waals surface area (Å²) in [6.45, 7) is 0. The Morgan fingerprint density at radius 1 is 0.867 bits per heavy atom. The molecular weight excluding hydrogens is 400 g/mol. The fourth-order valence-corrected chi connectivity index (χ4v) is 3.58. The van der Waals surface area contributed by atoms with Crippen molar-refractivity contribution in [3.8, 4) is 28.6 Å². The molecule has 0 unspecified atom stereocenters. The number of halogens is 1. The fraction of sp³-hybridized carbons (Fsp3) is 0.120. The topological polar surface area (TPSA) is 40.8 Å². The van der Waals surface area contributed by atoms with E-state index in [1.165, 1.54) is 0 Å². The van der Waals surface area contributed by atoms with Gasteiger partial charge in [0.05, 0.1) is 26.7 Å². The molecule has 0 saturated heterocycles. The summed E-state index contributed by atoms with van der Waals surface area (Å²) in [4.78, 5) is 0. The van der Waals surface area contributed by atoms with Gasteiger partial charge in [0.1, 0.15) is 5.75 Å². The number of hydrogen-bond donors (Lipinski definition) is 0. The second kappa shape index (κ2) is 8.56. The van der Waals surface area contributed by atoms with Gasteiger partial charge in [0.15, 0.2) is 22.8 Å². The summed E-state index contributed by atoms with van der Waals surface area (Å²) >= 11 is 6.67. The molecule has 1 aromatic heterocycles. The Kier molecular flexibility index (Phi) is 5.68. The average Bonchev–Trinajstić information content (AvgIpc) is 3.18. The maximum Gasteiger partial charge on any atom is 0.180 e. The quantitative estimate of drug-likeness (QED) is 0.319. The predicted octanol–water partition coefficient (Wildman–Crippen LogP) is 6.86. The van der Waals surface area contributed by atoms with E-state index in [0.29, 0.717) is 27.9 Å². The minimum absolute atomic E-state index is 0.574. The van der Waals surface area contributed by atoms with Crippen LogP contribution in [-0.2, 0) is 0 Å². The maximum absolute atomic E-state index is 6.67. The molecule has 0 fully saturated rings. The third-order valence-electron chi connectivity index (χ3n) is 4.85. The molecule has 5 heteroatoms. The molecule has 0 spiro atoms.